The van der Waals surface area contributed by atoms with Crippen LogP contribution in [0.5, 0.6) is 0 Å². The highest BCUT2D eigenvalue weighted by Crippen LogP contribution is 2.26. The van der Waals surface area contributed by atoms with Crippen LogP contribution < -0.4 is 5.32 Å². The van der Waals surface area contributed by atoms with E-state index in [1.165, 1.54) is 0 Å². The predicted molar refractivity (Wildman–Crippen MR) is 135 cm³/mol. The maximum atomic E-state index is 13.7. The SMILES string of the molecule is CCNC(=O)[C@@H](Cc1ccccc1)N(Cc1cccc(C)c1)C(=O)Cc1c(Cl)cccc1Cl. The number of rotatable bonds is 9. The topological polar surface area (TPSA) is 49.4 Å². The van der Waals surface area contributed by atoms with Crippen LogP contribution in [0, 0.1) is 6.92 Å². The van der Waals surface area contributed by atoms with E-state index in [9.17, 15) is 9.59 Å². The third-order valence-electron chi connectivity index (χ3n) is 5.45. The molecular formula is C27H28Cl2N2O2. The molecule has 33 heavy (non-hydrogen) atoms. The molecule has 2 amide bonds. The molecule has 1 atom stereocenters. The van der Waals surface area contributed by atoms with Gasteiger partial charge in [0.05, 0.1) is 6.42 Å². The summed E-state index contributed by atoms with van der Waals surface area (Å²) in [4.78, 5) is 28.5. The smallest absolute Gasteiger partial charge is 0.243 e. The van der Waals surface area contributed by atoms with Gasteiger partial charge in [0.1, 0.15) is 6.04 Å². The largest absolute Gasteiger partial charge is 0.355 e. The Hall–Kier alpha value is -2.82. The van der Waals surface area contributed by atoms with Crippen LogP contribution in [0.4, 0.5) is 0 Å². The van der Waals surface area contributed by atoms with Crippen LogP contribution in [-0.4, -0.2) is 29.3 Å². The molecule has 3 rings (SSSR count). The zero-order valence-electron chi connectivity index (χ0n) is 18.9. The Labute approximate surface area is 205 Å². The van der Waals surface area contributed by atoms with E-state index in [4.69, 9.17) is 23.2 Å². The lowest BCUT2D eigenvalue weighted by atomic mass is 10.0. The number of nitrogens with zero attached hydrogens (tertiary/aromatic N) is 1. The Morgan fingerprint density at radius 2 is 1.55 bits per heavy atom. The van der Waals surface area contributed by atoms with Crippen molar-refractivity contribution >= 4 is 35.0 Å². The molecule has 0 aliphatic heterocycles. The van der Waals surface area contributed by atoms with Crippen molar-refractivity contribution in [3.63, 3.8) is 0 Å². The summed E-state index contributed by atoms with van der Waals surface area (Å²) in [6.07, 6.45) is 0.412. The minimum Gasteiger partial charge on any atom is -0.355 e. The lowest BCUT2D eigenvalue weighted by molar-refractivity contribution is -0.140. The van der Waals surface area contributed by atoms with E-state index in [1.54, 1.807) is 23.1 Å². The minimum atomic E-state index is -0.679. The molecule has 0 radical (unpaired) electrons. The number of hydrogen-bond acceptors (Lipinski definition) is 2. The Kier molecular flexibility index (Phi) is 8.93. The Bertz CT molecular complexity index is 1080. The van der Waals surface area contributed by atoms with Gasteiger partial charge in [0.15, 0.2) is 0 Å². The summed E-state index contributed by atoms with van der Waals surface area (Å²) in [7, 11) is 0. The fourth-order valence-corrected chi connectivity index (χ4v) is 4.34. The van der Waals surface area contributed by atoms with Crippen molar-refractivity contribution in [3.8, 4) is 0 Å². The summed E-state index contributed by atoms with van der Waals surface area (Å²) in [6.45, 7) is 4.66. The van der Waals surface area contributed by atoms with E-state index in [1.807, 2.05) is 68.4 Å². The summed E-state index contributed by atoms with van der Waals surface area (Å²) >= 11 is 12.7. The molecule has 0 heterocycles. The molecule has 0 bridgehead atoms. The second kappa shape index (κ2) is 11.9. The van der Waals surface area contributed by atoms with Gasteiger partial charge in [-0.15, -0.1) is 0 Å². The summed E-state index contributed by atoms with van der Waals surface area (Å²) < 4.78 is 0. The number of halogens is 2. The number of benzene rings is 3. The van der Waals surface area contributed by atoms with Crippen LogP contribution in [0.25, 0.3) is 0 Å². The van der Waals surface area contributed by atoms with E-state index >= 15 is 0 Å². The minimum absolute atomic E-state index is 0.00895. The van der Waals surface area contributed by atoms with Gasteiger partial charge in [-0.3, -0.25) is 9.59 Å². The molecule has 6 heteroatoms. The first-order chi connectivity index (χ1) is 15.9. The van der Waals surface area contributed by atoms with Crippen LogP contribution in [0.2, 0.25) is 10.0 Å². The van der Waals surface area contributed by atoms with Crippen molar-refractivity contribution in [3.05, 3.63) is 105 Å². The van der Waals surface area contributed by atoms with E-state index in [-0.39, 0.29) is 18.2 Å². The first-order valence-corrected chi connectivity index (χ1v) is 11.7. The monoisotopic (exact) mass is 482 g/mol. The van der Waals surface area contributed by atoms with E-state index in [2.05, 4.69) is 5.32 Å². The van der Waals surface area contributed by atoms with Crippen LogP contribution in [0.15, 0.2) is 72.8 Å². The molecule has 0 aliphatic rings. The average Bonchev–Trinajstić information content (AvgIpc) is 2.79. The molecule has 0 saturated heterocycles. The van der Waals surface area contributed by atoms with Gasteiger partial charge in [0, 0.05) is 29.6 Å². The van der Waals surface area contributed by atoms with Gasteiger partial charge >= 0.3 is 0 Å². The van der Waals surface area contributed by atoms with E-state index < -0.39 is 6.04 Å². The molecule has 4 nitrogen and oxygen atoms in total. The van der Waals surface area contributed by atoms with Gasteiger partial charge in [-0.25, -0.2) is 0 Å². The summed E-state index contributed by atoms with van der Waals surface area (Å²) in [6, 6.07) is 22.2. The number of amides is 2. The van der Waals surface area contributed by atoms with E-state index in [0.29, 0.717) is 35.1 Å². The second-order valence-corrected chi connectivity index (χ2v) is 8.80. The van der Waals surface area contributed by atoms with Crippen LogP contribution >= 0.6 is 23.2 Å². The highest BCUT2D eigenvalue weighted by atomic mass is 35.5. The normalized spacial score (nSPS) is 11.6. The first-order valence-electron chi connectivity index (χ1n) is 11.0. The molecule has 1 N–H and O–H groups in total. The van der Waals surface area contributed by atoms with Gasteiger partial charge in [0.25, 0.3) is 0 Å². The van der Waals surface area contributed by atoms with Crippen molar-refractivity contribution in [2.75, 3.05) is 6.54 Å². The average molecular weight is 483 g/mol. The molecule has 0 spiro atoms. The highest BCUT2D eigenvalue weighted by molar-refractivity contribution is 6.36. The van der Waals surface area contributed by atoms with Crippen molar-refractivity contribution in [2.45, 2.75) is 39.3 Å². The van der Waals surface area contributed by atoms with Gasteiger partial charge in [-0.1, -0.05) is 89.4 Å². The van der Waals surface area contributed by atoms with Crippen LogP contribution in [0.1, 0.15) is 29.2 Å². The number of carbonyl (C=O) groups excluding carboxylic acids is 2. The van der Waals surface area contributed by atoms with E-state index in [0.717, 1.165) is 16.7 Å². The molecule has 172 valence electrons. The highest BCUT2D eigenvalue weighted by Gasteiger charge is 2.30. The van der Waals surface area contributed by atoms with Crippen molar-refractivity contribution < 1.29 is 9.59 Å². The zero-order chi connectivity index (χ0) is 23.8. The second-order valence-electron chi connectivity index (χ2n) is 7.99. The third-order valence-corrected chi connectivity index (χ3v) is 6.16. The summed E-state index contributed by atoms with van der Waals surface area (Å²) in [5.41, 5.74) is 3.59. The quantitative estimate of drug-likeness (QED) is 0.430. The fourth-order valence-electron chi connectivity index (χ4n) is 3.81. The lowest BCUT2D eigenvalue weighted by Crippen LogP contribution is -2.51. The molecule has 3 aromatic carbocycles. The van der Waals surface area contributed by atoms with Gasteiger partial charge in [-0.05, 0) is 42.7 Å². The molecule has 0 aromatic heterocycles. The predicted octanol–water partition coefficient (Wildman–Crippen LogP) is 5.62. The summed E-state index contributed by atoms with van der Waals surface area (Å²) in [5, 5.41) is 3.77. The fraction of sp³-hybridized carbons (Fsp3) is 0.259. The molecule has 3 aromatic rings. The van der Waals surface area contributed by atoms with Gasteiger partial charge in [0.2, 0.25) is 11.8 Å². The van der Waals surface area contributed by atoms with Gasteiger partial charge in [-0.2, -0.15) is 0 Å². The molecule has 0 fully saturated rings. The van der Waals surface area contributed by atoms with Gasteiger partial charge < -0.3 is 10.2 Å². The number of aryl methyl sites for hydroxylation is 1. The summed E-state index contributed by atoms with van der Waals surface area (Å²) in [5.74, 6) is -0.397. The van der Waals surface area contributed by atoms with Crippen molar-refractivity contribution in [1.29, 1.82) is 0 Å². The number of hydrogen-bond donors (Lipinski definition) is 1. The standard InChI is InChI=1S/C27H28Cl2N2O2/c1-3-30-27(33)25(16-20-10-5-4-6-11-20)31(18-21-12-7-9-19(2)15-21)26(32)17-22-23(28)13-8-14-24(22)29/h4-15,25H,3,16-18H2,1-2H3,(H,30,33)/t25-/m1/s1. The lowest BCUT2D eigenvalue weighted by Gasteiger charge is -2.32. The van der Waals surface area contributed by atoms with Crippen LogP contribution in [-0.2, 0) is 29.0 Å². The van der Waals surface area contributed by atoms with Crippen LogP contribution in [0.3, 0.4) is 0 Å². The number of likely N-dealkylation sites (N-methyl/N-ethyl adjacent to an activating group) is 1. The maximum Gasteiger partial charge on any atom is 0.243 e. The molecular weight excluding hydrogens is 455 g/mol. The molecule has 0 unspecified atom stereocenters. The molecule has 0 aliphatic carbocycles. The van der Waals surface area contributed by atoms with Crippen molar-refractivity contribution in [1.82, 2.24) is 10.2 Å². The Morgan fingerprint density at radius 3 is 2.18 bits per heavy atom. The van der Waals surface area contributed by atoms with Crippen molar-refractivity contribution in [2.24, 2.45) is 0 Å². The maximum absolute atomic E-state index is 13.7. The Balaban J connectivity index is 1.99. The number of nitrogens with one attached hydrogen (secondary N) is 1. The Morgan fingerprint density at radius 1 is 0.909 bits per heavy atom. The molecule has 0 saturated carbocycles. The number of carbonyl (C=O) groups is 2. The first kappa shape index (κ1) is 24.8. The third kappa shape index (κ3) is 6.83. The zero-order valence-corrected chi connectivity index (χ0v) is 20.4.